The van der Waals surface area contributed by atoms with Crippen LogP contribution < -0.4 is 5.32 Å². The molecular weight excluding hydrogens is 348 g/mol. The number of hydrogen-bond acceptors (Lipinski definition) is 4. The molecule has 2 aliphatic carbocycles. The van der Waals surface area contributed by atoms with Crippen LogP contribution in [0.1, 0.15) is 56.4 Å². The monoisotopic (exact) mass is 382 g/mol. The van der Waals surface area contributed by atoms with Crippen molar-refractivity contribution in [2.75, 3.05) is 26.2 Å². The third kappa shape index (κ3) is 3.51. The van der Waals surface area contributed by atoms with Gasteiger partial charge in [0.1, 0.15) is 0 Å². The molecule has 28 heavy (non-hydrogen) atoms. The second kappa shape index (κ2) is 7.16. The first-order valence-corrected chi connectivity index (χ1v) is 11.1. The van der Waals surface area contributed by atoms with Gasteiger partial charge in [0, 0.05) is 43.1 Å². The molecule has 1 spiro atoms. The summed E-state index contributed by atoms with van der Waals surface area (Å²) in [6, 6.07) is 12.0. The van der Waals surface area contributed by atoms with Gasteiger partial charge in [0.2, 0.25) is 0 Å². The van der Waals surface area contributed by atoms with Gasteiger partial charge in [-0.1, -0.05) is 43.3 Å². The molecule has 4 heteroatoms. The van der Waals surface area contributed by atoms with E-state index >= 15 is 0 Å². The van der Waals surface area contributed by atoms with Gasteiger partial charge in [-0.25, -0.2) is 0 Å². The van der Waals surface area contributed by atoms with Gasteiger partial charge in [-0.3, -0.25) is 0 Å². The van der Waals surface area contributed by atoms with Crippen LogP contribution in [0, 0.1) is 5.41 Å². The van der Waals surface area contributed by atoms with Crippen molar-refractivity contribution < 1.29 is 9.84 Å². The maximum absolute atomic E-state index is 10.0. The maximum Gasteiger partial charge on any atom is 0.0925 e. The van der Waals surface area contributed by atoms with E-state index in [0.29, 0.717) is 23.8 Å². The summed E-state index contributed by atoms with van der Waals surface area (Å²) in [6.45, 7) is 7.85. The van der Waals surface area contributed by atoms with Crippen molar-refractivity contribution >= 4 is 0 Å². The van der Waals surface area contributed by atoms with Crippen LogP contribution in [-0.2, 0) is 4.74 Å². The first-order valence-electron chi connectivity index (χ1n) is 11.1. The standard InChI is InChI=1S/C24H34N2O2/c1-18(27)23(8-5-9-23)17-26-12-10-24(11-13-26)15-20(16-28-24)25-22-14-21(22)19-6-3-2-4-7-19/h2-4,6-7,20-22,25,27H,1,5,8-17H2/t20?,21-,22+/m0/s1. The van der Waals surface area contributed by atoms with E-state index in [9.17, 15) is 5.11 Å². The van der Waals surface area contributed by atoms with Crippen molar-refractivity contribution in [3.8, 4) is 0 Å². The number of ether oxygens (including phenoxy) is 1. The third-order valence-electron chi connectivity index (χ3n) is 7.89. The van der Waals surface area contributed by atoms with Crippen molar-refractivity contribution in [2.24, 2.45) is 5.41 Å². The van der Waals surface area contributed by atoms with Crippen LogP contribution in [0.3, 0.4) is 0 Å². The van der Waals surface area contributed by atoms with Crippen molar-refractivity contribution in [3.63, 3.8) is 0 Å². The largest absolute Gasteiger partial charge is 0.512 e. The number of nitrogens with zero attached hydrogens (tertiary/aromatic N) is 1. The number of nitrogens with one attached hydrogen (secondary N) is 1. The normalized spacial score (nSPS) is 33.5. The second-order valence-electron chi connectivity index (χ2n) is 9.78. The highest BCUT2D eigenvalue weighted by atomic mass is 16.5. The average molecular weight is 383 g/mol. The molecule has 152 valence electrons. The Morgan fingerprint density at radius 2 is 1.93 bits per heavy atom. The van der Waals surface area contributed by atoms with Gasteiger partial charge in [0.05, 0.1) is 18.0 Å². The number of hydrogen-bond donors (Lipinski definition) is 2. The van der Waals surface area contributed by atoms with Gasteiger partial charge in [-0.05, 0) is 44.1 Å². The molecule has 0 bridgehead atoms. The predicted molar refractivity (Wildman–Crippen MR) is 112 cm³/mol. The molecule has 4 nitrogen and oxygen atoms in total. The van der Waals surface area contributed by atoms with Crippen molar-refractivity contribution in [2.45, 2.75) is 68.5 Å². The highest BCUT2D eigenvalue weighted by molar-refractivity contribution is 5.28. The van der Waals surface area contributed by atoms with E-state index in [0.717, 1.165) is 58.3 Å². The Morgan fingerprint density at radius 3 is 2.57 bits per heavy atom. The summed E-state index contributed by atoms with van der Waals surface area (Å²) in [7, 11) is 0. The summed E-state index contributed by atoms with van der Waals surface area (Å²) in [6.07, 6.45) is 8.05. The Kier molecular flexibility index (Phi) is 4.77. The van der Waals surface area contributed by atoms with E-state index in [-0.39, 0.29) is 11.0 Å². The van der Waals surface area contributed by atoms with Crippen LogP contribution in [0.25, 0.3) is 0 Å². The molecule has 1 aromatic carbocycles. The number of aliphatic hydroxyl groups excluding tert-OH is 1. The van der Waals surface area contributed by atoms with E-state index in [1.165, 1.54) is 18.4 Å². The van der Waals surface area contributed by atoms with E-state index < -0.39 is 0 Å². The van der Waals surface area contributed by atoms with Crippen molar-refractivity contribution in [1.82, 2.24) is 10.2 Å². The minimum Gasteiger partial charge on any atom is -0.512 e. The lowest BCUT2D eigenvalue weighted by Gasteiger charge is -2.47. The molecule has 2 aliphatic heterocycles. The van der Waals surface area contributed by atoms with Crippen LogP contribution >= 0.6 is 0 Å². The molecule has 2 saturated carbocycles. The zero-order valence-corrected chi connectivity index (χ0v) is 16.9. The molecule has 0 radical (unpaired) electrons. The van der Waals surface area contributed by atoms with Gasteiger partial charge in [0.25, 0.3) is 0 Å². The summed E-state index contributed by atoms with van der Waals surface area (Å²) in [5, 5.41) is 13.9. The zero-order valence-electron chi connectivity index (χ0n) is 16.9. The summed E-state index contributed by atoms with van der Waals surface area (Å²) in [5.41, 5.74) is 1.52. The summed E-state index contributed by atoms with van der Waals surface area (Å²) in [5.74, 6) is 1.09. The first kappa shape index (κ1) is 18.7. The van der Waals surface area contributed by atoms with Gasteiger partial charge in [-0.2, -0.15) is 0 Å². The molecule has 2 saturated heterocycles. The molecule has 1 unspecified atom stereocenters. The number of rotatable bonds is 6. The molecule has 5 rings (SSSR count). The first-order chi connectivity index (χ1) is 13.6. The number of benzene rings is 1. The van der Waals surface area contributed by atoms with E-state index in [1.807, 2.05) is 0 Å². The Bertz CT molecular complexity index is 707. The number of likely N-dealkylation sites (tertiary alicyclic amines) is 1. The number of piperidine rings is 1. The molecule has 0 aromatic heterocycles. The maximum atomic E-state index is 10.0. The fraction of sp³-hybridized carbons (Fsp3) is 0.667. The lowest BCUT2D eigenvalue weighted by molar-refractivity contribution is -0.0550. The van der Waals surface area contributed by atoms with Crippen LogP contribution in [0.5, 0.6) is 0 Å². The second-order valence-corrected chi connectivity index (χ2v) is 9.78. The fourth-order valence-electron chi connectivity index (χ4n) is 5.74. The molecule has 1 aromatic rings. The molecular formula is C24H34N2O2. The fourth-order valence-corrected chi connectivity index (χ4v) is 5.74. The average Bonchev–Trinajstić information content (AvgIpc) is 3.33. The Morgan fingerprint density at radius 1 is 1.18 bits per heavy atom. The zero-order chi connectivity index (χ0) is 19.2. The van der Waals surface area contributed by atoms with Crippen LogP contribution in [0.15, 0.2) is 42.7 Å². The lowest BCUT2D eigenvalue weighted by atomic mass is 9.67. The minimum absolute atomic E-state index is 0.0243. The van der Waals surface area contributed by atoms with Crippen molar-refractivity contribution in [1.29, 1.82) is 0 Å². The van der Waals surface area contributed by atoms with Gasteiger partial charge in [-0.15, -0.1) is 0 Å². The molecule has 4 fully saturated rings. The van der Waals surface area contributed by atoms with Gasteiger partial charge >= 0.3 is 0 Å². The molecule has 2 heterocycles. The Hall–Kier alpha value is -1.36. The highest BCUT2D eigenvalue weighted by Crippen LogP contribution is 2.47. The molecule has 3 atom stereocenters. The van der Waals surface area contributed by atoms with Crippen LogP contribution in [0.2, 0.25) is 0 Å². The smallest absolute Gasteiger partial charge is 0.0925 e. The van der Waals surface area contributed by atoms with Crippen LogP contribution in [0.4, 0.5) is 0 Å². The predicted octanol–water partition coefficient (Wildman–Crippen LogP) is 4.00. The lowest BCUT2D eigenvalue weighted by Crippen LogP contribution is -2.50. The van der Waals surface area contributed by atoms with Gasteiger partial charge < -0.3 is 20.1 Å². The topological polar surface area (TPSA) is 44.7 Å². The minimum atomic E-state index is -0.0243. The third-order valence-corrected chi connectivity index (χ3v) is 7.89. The highest BCUT2D eigenvalue weighted by Gasteiger charge is 2.48. The summed E-state index contributed by atoms with van der Waals surface area (Å²) < 4.78 is 6.37. The Balaban J connectivity index is 1.10. The van der Waals surface area contributed by atoms with Crippen molar-refractivity contribution in [3.05, 3.63) is 48.2 Å². The quantitative estimate of drug-likeness (QED) is 0.730. The van der Waals surface area contributed by atoms with Crippen LogP contribution in [-0.4, -0.2) is 53.9 Å². The summed E-state index contributed by atoms with van der Waals surface area (Å²) >= 11 is 0. The Labute approximate surface area is 169 Å². The molecule has 2 N–H and O–H groups in total. The van der Waals surface area contributed by atoms with E-state index in [4.69, 9.17) is 4.74 Å². The number of aliphatic hydroxyl groups is 1. The van der Waals surface area contributed by atoms with Gasteiger partial charge in [0.15, 0.2) is 0 Å². The van der Waals surface area contributed by atoms with E-state index in [1.54, 1.807) is 0 Å². The summed E-state index contributed by atoms with van der Waals surface area (Å²) in [4.78, 5) is 2.53. The SMILES string of the molecule is C=C(O)C1(CN2CCC3(CC2)CC(N[C@@H]2C[C@H]2c2ccccc2)CO3)CCC1. The molecule has 4 aliphatic rings. The van der Waals surface area contributed by atoms with E-state index in [2.05, 4.69) is 47.1 Å². The molecule has 0 amide bonds.